The van der Waals surface area contributed by atoms with Crippen molar-refractivity contribution in [1.29, 1.82) is 0 Å². The van der Waals surface area contributed by atoms with Crippen molar-refractivity contribution >= 4 is 22.7 Å². The van der Waals surface area contributed by atoms with E-state index >= 15 is 0 Å². The highest BCUT2D eigenvalue weighted by Crippen LogP contribution is 2.43. The zero-order valence-corrected chi connectivity index (χ0v) is 18.5. The molecule has 2 aliphatic heterocycles. The van der Waals surface area contributed by atoms with Crippen LogP contribution in [0.5, 0.6) is 0 Å². The minimum atomic E-state index is -0.508. The number of aryl methyl sites for hydroxylation is 1. The molecule has 3 heterocycles. The second-order valence-electron chi connectivity index (χ2n) is 9.02. The SMILES string of the molecule is Cc1ccccc1[C@H]1c2[nH]c3ccccc3c2C[C@H]2C(=O)N(Cc3ccccc3)CC(=O)N12. The van der Waals surface area contributed by atoms with E-state index in [-0.39, 0.29) is 24.4 Å². The zero-order valence-electron chi connectivity index (χ0n) is 18.5. The topological polar surface area (TPSA) is 56.4 Å². The van der Waals surface area contributed by atoms with Crippen LogP contribution < -0.4 is 0 Å². The first-order valence-corrected chi connectivity index (χ1v) is 11.4. The normalized spacial score (nSPS) is 20.2. The number of para-hydroxylation sites is 1. The molecule has 2 amide bonds. The summed E-state index contributed by atoms with van der Waals surface area (Å²) in [6.45, 7) is 2.62. The van der Waals surface area contributed by atoms with Crippen LogP contribution in [0.15, 0.2) is 78.9 Å². The summed E-state index contributed by atoms with van der Waals surface area (Å²) in [7, 11) is 0. The molecule has 2 aliphatic rings. The Morgan fingerprint density at radius 3 is 2.45 bits per heavy atom. The number of aromatic nitrogens is 1. The number of fused-ring (bicyclic) bond motifs is 4. The molecular weight excluding hydrogens is 410 g/mol. The summed E-state index contributed by atoms with van der Waals surface area (Å²) >= 11 is 0. The van der Waals surface area contributed by atoms with E-state index in [4.69, 9.17) is 0 Å². The van der Waals surface area contributed by atoms with Gasteiger partial charge >= 0.3 is 0 Å². The molecule has 6 rings (SSSR count). The standard InChI is InChI=1S/C28H25N3O2/c1-18-9-5-6-12-20(18)27-26-22(21-13-7-8-14-23(21)29-26)15-24-28(33)30(17-25(32)31(24)27)16-19-10-3-2-4-11-19/h2-14,24,27,29H,15-17H2,1H3/t24-,27-/m0/s1. The summed E-state index contributed by atoms with van der Waals surface area (Å²) < 4.78 is 0. The zero-order chi connectivity index (χ0) is 22.5. The van der Waals surface area contributed by atoms with Gasteiger partial charge in [0.2, 0.25) is 11.8 Å². The van der Waals surface area contributed by atoms with E-state index in [1.807, 2.05) is 59.5 Å². The first kappa shape index (κ1) is 19.8. The van der Waals surface area contributed by atoms with Crippen LogP contribution in [-0.2, 0) is 22.6 Å². The van der Waals surface area contributed by atoms with Crippen molar-refractivity contribution in [3.05, 3.63) is 107 Å². The number of hydrogen-bond donors (Lipinski definition) is 1. The smallest absolute Gasteiger partial charge is 0.246 e. The van der Waals surface area contributed by atoms with Crippen LogP contribution >= 0.6 is 0 Å². The third-order valence-corrected chi connectivity index (χ3v) is 7.04. The van der Waals surface area contributed by atoms with Gasteiger partial charge < -0.3 is 14.8 Å². The minimum absolute atomic E-state index is 0.00640. The van der Waals surface area contributed by atoms with Crippen molar-refractivity contribution < 1.29 is 9.59 Å². The molecule has 2 atom stereocenters. The van der Waals surface area contributed by atoms with Crippen LogP contribution in [0.25, 0.3) is 10.9 Å². The van der Waals surface area contributed by atoms with E-state index in [0.717, 1.165) is 38.9 Å². The average molecular weight is 436 g/mol. The number of carbonyl (C=O) groups excluding carboxylic acids is 2. The van der Waals surface area contributed by atoms with E-state index in [9.17, 15) is 9.59 Å². The first-order valence-electron chi connectivity index (χ1n) is 11.4. The average Bonchev–Trinajstić information content (AvgIpc) is 3.21. The van der Waals surface area contributed by atoms with Crippen molar-refractivity contribution in [3.8, 4) is 0 Å². The summed E-state index contributed by atoms with van der Waals surface area (Å²) in [5.41, 5.74) is 6.42. The molecule has 0 unspecified atom stereocenters. The summed E-state index contributed by atoms with van der Waals surface area (Å²) in [5, 5.41) is 1.13. The largest absolute Gasteiger partial charge is 0.356 e. The third kappa shape index (κ3) is 3.15. The van der Waals surface area contributed by atoms with Crippen LogP contribution in [0.2, 0.25) is 0 Å². The highest BCUT2D eigenvalue weighted by molar-refractivity contribution is 5.97. The Morgan fingerprint density at radius 1 is 0.909 bits per heavy atom. The number of hydrogen-bond acceptors (Lipinski definition) is 2. The van der Waals surface area contributed by atoms with Crippen molar-refractivity contribution in [3.63, 3.8) is 0 Å². The maximum atomic E-state index is 13.8. The number of piperazine rings is 1. The quantitative estimate of drug-likeness (QED) is 0.520. The van der Waals surface area contributed by atoms with E-state index < -0.39 is 6.04 Å². The van der Waals surface area contributed by atoms with Crippen molar-refractivity contribution in [2.24, 2.45) is 0 Å². The lowest BCUT2D eigenvalue weighted by Crippen LogP contribution is -2.62. The molecule has 1 saturated heterocycles. The minimum Gasteiger partial charge on any atom is -0.356 e. The van der Waals surface area contributed by atoms with Crippen LogP contribution in [0.3, 0.4) is 0 Å². The molecular formula is C28H25N3O2. The fourth-order valence-electron chi connectivity index (χ4n) is 5.48. The Kier molecular flexibility index (Phi) is 4.57. The van der Waals surface area contributed by atoms with Gasteiger partial charge in [-0.1, -0.05) is 72.8 Å². The maximum Gasteiger partial charge on any atom is 0.246 e. The Labute approximate surface area is 192 Å². The van der Waals surface area contributed by atoms with Gasteiger partial charge in [0, 0.05) is 29.6 Å². The van der Waals surface area contributed by atoms with Gasteiger partial charge in [0.25, 0.3) is 0 Å². The fourth-order valence-corrected chi connectivity index (χ4v) is 5.48. The molecule has 0 bridgehead atoms. The van der Waals surface area contributed by atoms with Gasteiger partial charge in [-0.3, -0.25) is 9.59 Å². The van der Waals surface area contributed by atoms with Gasteiger partial charge in [0.05, 0.1) is 6.04 Å². The number of aromatic amines is 1. The highest BCUT2D eigenvalue weighted by atomic mass is 16.2. The lowest BCUT2D eigenvalue weighted by atomic mass is 9.85. The van der Waals surface area contributed by atoms with Crippen molar-refractivity contribution in [2.75, 3.05) is 6.54 Å². The molecule has 0 spiro atoms. The summed E-state index contributed by atoms with van der Waals surface area (Å²) in [6.07, 6.45) is 0.525. The Balaban J connectivity index is 1.48. The molecule has 5 heteroatoms. The summed E-state index contributed by atoms with van der Waals surface area (Å²) in [5.74, 6) is 0.0149. The van der Waals surface area contributed by atoms with E-state index in [1.165, 1.54) is 0 Å². The third-order valence-electron chi connectivity index (χ3n) is 7.04. The Hall–Kier alpha value is -3.86. The molecule has 1 aromatic heterocycles. The lowest BCUT2D eigenvalue weighted by molar-refractivity contribution is -0.159. The van der Waals surface area contributed by atoms with Gasteiger partial charge in [-0.05, 0) is 35.2 Å². The number of H-pyrrole nitrogens is 1. The molecule has 164 valence electrons. The molecule has 33 heavy (non-hydrogen) atoms. The molecule has 0 radical (unpaired) electrons. The molecule has 1 fully saturated rings. The number of benzene rings is 3. The van der Waals surface area contributed by atoms with Gasteiger partial charge in [0.1, 0.15) is 12.6 Å². The van der Waals surface area contributed by atoms with Crippen LogP contribution in [0.4, 0.5) is 0 Å². The Morgan fingerprint density at radius 2 is 1.64 bits per heavy atom. The second kappa shape index (κ2) is 7.62. The number of rotatable bonds is 3. The fraction of sp³-hybridized carbons (Fsp3) is 0.214. The van der Waals surface area contributed by atoms with Gasteiger partial charge in [-0.2, -0.15) is 0 Å². The second-order valence-corrected chi connectivity index (χ2v) is 9.02. The summed E-state index contributed by atoms with van der Waals surface area (Å²) in [6, 6.07) is 25.4. The van der Waals surface area contributed by atoms with Gasteiger partial charge in [-0.15, -0.1) is 0 Å². The van der Waals surface area contributed by atoms with Crippen molar-refractivity contribution in [1.82, 2.24) is 14.8 Å². The van der Waals surface area contributed by atoms with Crippen LogP contribution in [0, 0.1) is 6.92 Å². The molecule has 0 saturated carbocycles. The number of nitrogens with zero attached hydrogens (tertiary/aromatic N) is 2. The Bertz CT molecular complexity index is 1370. The molecule has 1 N–H and O–H groups in total. The predicted octanol–water partition coefficient (Wildman–Crippen LogP) is 4.36. The number of amides is 2. The predicted molar refractivity (Wildman–Crippen MR) is 128 cm³/mol. The van der Waals surface area contributed by atoms with Crippen LogP contribution in [0.1, 0.15) is 34.0 Å². The summed E-state index contributed by atoms with van der Waals surface area (Å²) in [4.78, 5) is 34.5. The maximum absolute atomic E-state index is 13.8. The highest BCUT2D eigenvalue weighted by Gasteiger charge is 2.48. The molecule has 0 aliphatic carbocycles. The molecule has 5 nitrogen and oxygen atoms in total. The first-order chi connectivity index (χ1) is 16.1. The molecule has 3 aromatic carbocycles. The van der Waals surface area contributed by atoms with E-state index in [1.54, 1.807) is 4.90 Å². The van der Waals surface area contributed by atoms with Crippen LogP contribution in [-0.4, -0.2) is 39.2 Å². The van der Waals surface area contributed by atoms with Crippen molar-refractivity contribution in [2.45, 2.75) is 32.0 Å². The molecule has 4 aromatic rings. The van der Waals surface area contributed by atoms with Gasteiger partial charge in [-0.25, -0.2) is 0 Å². The van der Waals surface area contributed by atoms with Gasteiger partial charge in [0.15, 0.2) is 0 Å². The number of carbonyl (C=O) groups is 2. The van der Waals surface area contributed by atoms with E-state index in [0.29, 0.717) is 13.0 Å². The monoisotopic (exact) mass is 435 g/mol. The number of nitrogens with one attached hydrogen (secondary N) is 1. The lowest BCUT2D eigenvalue weighted by Gasteiger charge is -2.47. The van der Waals surface area contributed by atoms with E-state index in [2.05, 4.69) is 36.2 Å².